The Balaban J connectivity index is 1.17. The molecule has 40 heavy (non-hydrogen) atoms. The van der Waals surface area contributed by atoms with Gasteiger partial charge in [-0.1, -0.05) is 30.3 Å². The van der Waals surface area contributed by atoms with Gasteiger partial charge in [-0.05, 0) is 53.5 Å². The lowest BCUT2D eigenvalue weighted by molar-refractivity contribution is -0.234. The van der Waals surface area contributed by atoms with Crippen LogP contribution in [0.3, 0.4) is 0 Å². The molecule has 11 heteroatoms. The molecule has 5 aliphatic rings. The van der Waals surface area contributed by atoms with Gasteiger partial charge in [0.1, 0.15) is 42.7 Å². The van der Waals surface area contributed by atoms with Crippen LogP contribution >= 0.6 is 0 Å². The Labute approximate surface area is 235 Å². The van der Waals surface area contributed by atoms with Crippen LogP contribution in [0.25, 0.3) is 0 Å². The number of benzene rings is 1. The minimum atomic E-state index is -0.787. The van der Waals surface area contributed by atoms with Gasteiger partial charge in [-0.2, -0.15) is 0 Å². The Hall–Kier alpha value is -1.22. The van der Waals surface area contributed by atoms with Crippen molar-refractivity contribution >= 4 is 0 Å². The second-order valence-electron chi connectivity index (χ2n) is 12.6. The monoisotopic (exact) mass is 565 g/mol. The van der Waals surface area contributed by atoms with Crippen molar-refractivity contribution in [1.29, 1.82) is 0 Å². The third-order valence-electron chi connectivity index (χ3n) is 7.98. The van der Waals surface area contributed by atoms with Crippen LogP contribution in [-0.2, 0) is 49.2 Å². The van der Waals surface area contributed by atoms with Gasteiger partial charge < -0.3 is 53.1 Å². The fraction of sp³-hybridized carbons (Fsp3) is 0.793. The summed E-state index contributed by atoms with van der Waals surface area (Å²) in [5, 5.41) is 13.6. The summed E-state index contributed by atoms with van der Waals surface area (Å²) in [6.07, 6.45) is -3.45. The highest BCUT2D eigenvalue weighted by atomic mass is 16.9. The molecular formula is C29H43NO10. The predicted molar refractivity (Wildman–Crippen MR) is 140 cm³/mol. The smallest absolute Gasteiger partial charge is 0.190 e. The summed E-state index contributed by atoms with van der Waals surface area (Å²) >= 11 is 0. The third kappa shape index (κ3) is 5.84. The molecule has 11 nitrogen and oxygen atoms in total. The first-order valence-electron chi connectivity index (χ1n) is 14.3. The SMILES string of the molecule is CC1(C)O[C@H]2[C@@H](O1)[C@@H](CN[C@@H](CCO)[C@@H]1O[C@@H]3OC(C)(C)O[C@@H]3[C@H]1OCc1ccccc1)O[C@@H]1OC(C)(C)O[C@@H]12. The lowest BCUT2D eigenvalue weighted by atomic mass is 9.97. The minimum absolute atomic E-state index is 0.0362. The predicted octanol–water partition coefficient (Wildman–Crippen LogP) is 2.19. The fourth-order valence-corrected chi connectivity index (χ4v) is 6.43. The molecule has 5 heterocycles. The summed E-state index contributed by atoms with van der Waals surface area (Å²) in [6.45, 7) is 12.0. The van der Waals surface area contributed by atoms with Crippen LogP contribution in [-0.4, -0.2) is 97.0 Å². The summed E-state index contributed by atoms with van der Waals surface area (Å²) in [7, 11) is 0. The summed E-state index contributed by atoms with van der Waals surface area (Å²) in [6, 6.07) is 9.70. The molecular weight excluding hydrogens is 522 g/mol. The van der Waals surface area contributed by atoms with E-state index < -0.39 is 54.4 Å². The standard InChI is InChI=1S/C29H43NO10/c1-27(2)35-20-18(33-25-24(22(20)36-27)38-29(5,6)39-25)14-30-17(12-13-31)19-21(32-15-16-10-8-7-9-11-16)23-26(34-19)40-28(3,4)37-23/h7-11,17-26,30-31H,12-15H2,1-6H3/t17-,18+,19-,20-,21-,22-,23+,24+,25+,26+/m0/s1. The Kier molecular flexibility index (Phi) is 7.80. The van der Waals surface area contributed by atoms with E-state index in [0.29, 0.717) is 19.6 Å². The van der Waals surface area contributed by atoms with E-state index in [1.54, 1.807) is 0 Å². The van der Waals surface area contributed by atoms with Crippen LogP contribution in [0.4, 0.5) is 0 Å². The van der Waals surface area contributed by atoms with Crippen molar-refractivity contribution in [3.05, 3.63) is 35.9 Å². The molecule has 0 bridgehead atoms. The summed E-state index contributed by atoms with van der Waals surface area (Å²) < 4.78 is 56.2. The number of aliphatic hydroxyl groups is 1. The molecule has 1 aromatic rings. The van der Waals surface area contributed by atoms with Crippen molar-refractivity contribution in [2.24, 2.45) is 0 Å². The van der Waals surface area contributed by atoms with Gasteiger partial charge in [0.15, 0.2) is 29.9 Å². The molecule has 0 spiro atoms. The average Bonchev–Trinajstić information content (AvgIpc) is 3.57. The van der Waals surface area contributed by atoms with E-state index in [1.807, 2.05) is 71.9 Å². The number of nitrogens with one attached hydrogen (secondary N) is 1. The van der Waals surface area contributed by atoms with Crippen molar-refractivity contribution in [2.45, 2.75) is 133 Å². The molecule has 0 saturated carbocycles. The van der Waals surface area contributed by atoms with E-state index in [4.69, 9.17) is 42.6 Å². The Bertz CT molecular complexity index is 1020. The maximum atomic E-state index is 10.0. The third-order valence-corrected chi connectivity index (χ3v) is 7.98. The first-order chi connectivity index (χ1) is 18.9. The van der Waals surface area contributed by atoms with E-state index in [0.717, 1.165) is 5.56 Å². The van der Waals surface area contributed by atoms with Crippen LogP contribution in [0.15, 0.2) is 30.3 Å². The molecule has 5 saturated heterocycles. The zero-order chi connectivity index (χ0) is 28.3. The highest BCUT2D eigenvalue weighted by molar-refractivity contribution is 5.14. The molecule has 0 amide bonds. The van der Waals surface area contributed by atoms with E-state index in [9.17, 15) is 5.11 Å². The molecule has 0 radical (unpaired) electrons. The van der Waals surface area contributed by atoms with Gasteiger partial charge in [0, 0.05) is 19.2 Å². The Morgan fingerprint density at radius 3 is 2.08 bits per heavy atom. The molecule has 1 aromatic carbocycles. The minimum Gasteiger partial charge on any atom is -0.396 e. The van der Waals surface area contributed by atoms with Gasteiger partial charge in [0.05, 0.1) is 6.61 Å². The molecule has 5 aliphatic heterocycles. The highest BCUT2D eigenvalue weighted by Gasteiger charge is 2.61. The molecule has 0 aromatic heterocycles. The zero-order valence-corrected chi connectivity index (χ0v) is 24.1. The second kappa shape index (κ2) is 10.8. The lowest BCUT2D eigenvalue weighted by Gasteiger charge is -2.38. The first-order valence-corrected chi connectivity index (χ1v) is 14.3. The summed E-state index contributed by atoms with van der Waals surface area (Å²) in [4.78, 5) is 0. The fourth-order valence-electron chi connectivity index (χ4n) is 6.43. The second-order valence-corrected chi connectivity index (χ2v) is 12.6. The molecule has 224 valence electrons. The van der Waals surface area contributed by atoms with Gasteiger partial charge in [-0.3, -0.25) is 0 Å². The number of ether oxygens (including phenoxy) is 9. The van der Waals surface area contributed by atoms with Crippen molar-refractivity contribution in [3.8, 4) is 0 Å². The van der Waals surface area contributed by atoms with Gasteiger partial charge in [-0.15, -0.1) is 0 Å². The number of rotatable bonds is 9. The number of hydrogen-bond acceptors (Lipinski definition) is 11. The van der Waals surface area contributed by atoms with Crippen LogP contribution in [0.1, 0.15) is 53.5 Å². The maximum absolute atomic E-state index is 10.0. The van der Waals surface area contributed by atoms with Gasteiger partial charge >= 0.3 is 0 Å². The van der Waals surface area contributed by atoms with Crippen molar-refractivity contribution < 1.29 is 47.7 Å². The van der Waals surface area contributed by atoms with Crippen LogP contribution in [0, 0.1) is 0 Å². The maximum Gasteiger partial charge on any atom is 0.190 e. The van der Waals surface area contributed by atoms with E-state index in [-0.39, 0.29) is 31.0 Å². The van der Waals surface area contributed by atoms with Crippen molar-refractivity contribution in [2.75, 3.05) is 13.2 Å². The Morgan fingerprint density at radius 2 is 1.38 bits per heavy atom. The quantitative estimate of drug-likeness (QED) is 0.459. The number of fused-ring (bicyclic) bond motifs is 4. The lowest BCUT2D eigenvalue weighted by Crippen LogP contribution is -2.59. The zero-order valence-electron chi connectivity index (χ0n) is 24.1. The number of aliphatic hydroxyl groups excluding tert-OH is 1. The first kappa shape index (κ1) is 28.9. The van der Waals surface area contributed by atoms with Crippen LogP contribution in [0.2, 0.25) is 0 Å². The molecule has 6 rings (SSSR count). The van der Waals surface area contributed by atoms with Gasteiger partial charge in [0.2, 0.25) is 0 Å². The van der Waals surface area contributed by atoms with Crippen LogP contribution in [0.5, 0.6) is 0 Å². The number of hydrogen-bond donors (Lipinski definition) is 2. The molecule has 0 aliphatic carbocycles. The van der Waals surface area contributed by atoms with Crippen LogP contribution < -0.4 is 5.32 Å². The van der Waals surface area contributed by atoms with E-state index >= 15 is 0 Å². The normalized spacial score (nSPS) is 41.4. The molecule has 0 unspecified atom stereocenters. The molecule has 5 fully saturated rings. The summed E-state index contributed by atoms with van der Waals surface area (Å²) in [5.74, 6) is -2.35. The van der Waals surface area contributed by atoms with Crippen molar-refractivity contribution in [3.63, 3.8) is 0 Å². The van der Waals surface area contributed by atoms with E-state index in [1.165, 1.54) is 0 Å². The Morgan fingerprint density at radius 1 is 0.775 bits per heavy atom. The van der Waals surface area contributed by atoms with E-state index in [2.05, 4.69) is 5.32 Å². The topological polar surface area (TPSA) is 115 Å². The average molecular weight is 566 g/mol. The van der Waals surface area contributed by atoms with Gasteiger partial charge in [-0.25, -0.2) is 0 Å². The largest absolute Gasteiger partial charge is 0.396 e. The van der Waals surface area contributed by atoms with Gasteiger partial charge in [0.25, 0.3) is 0 Å². The molecule has 10 atom stereocenters. The highest BCUT2D eigenvalue weighted by Crippen LogP contribution is 2.44. The summed E-state index contributed by atoms with van der Waals surface area (Å²) in [5.41, 5.74) is 1.05. The van der Waals surface area contributed by atoms with Crippen molar-refractivity contribution in [1.82, 2.24) is 5.32 Å². The molecule has 2 N–H and O–H groups in total.